The van der Waals surface area contributed by atoms with Gasteiger partial charge < -0.3 is 20.0 Å². The topological polar surface area (TPSA) is 165 Å². The number of nitrogens with one attached hydrogen (secondary N) is 2. The zero-order valence-corrected chi connectivity index (χ0v) is 21.7. The maximum atomic E-state index is 13.3. The molecule has 0 aliphatic carbocycles. The molecule has 0 radical (unpaired) electrons. The van der Waals surface area contributed by atoms with Crippen molar-refractivity contribution in [2.24, 2.45) is 0 Å². The number of carbonyl (C=O) groups is 3. The number of rotatable bonds is 8. The van der Waals surface area contributed by atoms with Gasteiger partial charge in [-0.2, -0.15) is 18.4 Å². The van der Waals surface area contributed by atoms with Gasteiger partial charge in [-0.1, -0.05) is 11.6 Å². The van der Waals surface area contributed by atoms with Crippen molar-refractivity contribution >= 4 is 45.1 Å². The Bertz CT molecular complexity index is 1670. The van der Waals surface area contributed by atoms with Crippen LogP contribution in [0.15, 0.2) is 59.5 Å². The minimum absolute atomic E-state index is 0.0477. The fourth-order valence-corrected chi connectivity index (χ4v) is 4.48. The number of aryl methyl sites for hydroxylation is 1. The van der Waals surface area contributed by atoms with Crippen LogP contribution in [0.2, 0.25) is 5.02 Å². The summed E-state index contributed by atoms with van der Waals surface area (Å²) in [6.45, 7) is 0.759. The van der Waals surface area contributed by atoms with Crippen LogP contribution in [0, 0.1) is 18.3 Å². The van der Waals surface area contributed by atoms with Crippen molar-refractivity contribution in [2.45, 2.75) is 18.0 Å². The number of alkyl halides is 3. The van der Waals surface area contributed by atoms with Gasteiger partial charge in [0, 0.05) is 16.3 Å². The minimum atomic E-state index is -4.82. The first-order valence-corrected chi connectivity index (χ1v) is 12.7. The molecule has 3 aromatic rings. The van der Waals surface area contributed by atoms with Crippen molar-refractivity contribution in [3.63, 3.8) is 0 Å². The molecule has 2 N–H and O–H groups in total. The van der Waals surface area contributed by atoms with E-state index in [-0.39, 0.29) is 27.6 Å². The fourth-order valence-electron chi connectivity index (χ4n) is 3.39. The van der Waals surface area contributed by atoms with Crippen LogP contribution in [0.4, 0.5) is 23.7 Å². The molecular weight excluding hydrogens is 579 g/mol. The first-order chi connectivity index (χ1) is 18.6. The summed E-state index contributed by atoms with van der Waals surface area (Å²) >= 11 is 5.97. The molecule has 0 aromatic heterocycles. The van der Waals surface area contributed by atoms with Crippen LogP contribution >= 0.6 is 11.6 Å². The Kier molecular flexibility index (Phi) is 8.71. The number of hydrogen-bond donors (Lipinski definition) is 2. The van der Waals surface area contributed by atoms with Crippen molar-refractivity contribution in [2.75, 3.05) is 11.9 Å². The van der Waals surface area contributed by atoms with Gasteiger partial charge >= 0.3 is 6.18 Å². The van der Waals surface area contributed by atoms with Crippen LogP contribution in [0.25, 0.3) is 0 Å². The van der Waals surface area contributed by atoms with E-state index in [0.717, 1.165) is 24.3 Å². The lowest BCUT2D eigenvalue weighted by Gasteiger charge is -2.14. The van der Waals surface area contributed by atoms with Gasteiger partial charge in [-0.05, 0) is 67.1 Å². The smallest absolute Gasteiger partial charge is 0.416 e. The zero-order valence-electron chi connectivity index (χ0n) is 20.1. The van der Waals surface area contributed by atoms with E-state index in [1.54, 1.807) is 6.07 Å². The molecule has 0 aliphatic heterocycles. The average molecular weight is 595 g/mol. The number of hydrogen-bond acceptors (Lipinski definition) is 8. The first kappa shape index (κ1) is 29.9. The third-order valence-corrected chi connectivity index (χ3v) is 6.74. The number of carbonyl (C=O) groups excluding carboxylic acids is 3. The van der Waals surface area contributed by atoms with Crippen LogP contribution in [0.3, 0.4) is 0 Å². The monoisotopic (exact) mass is 594 g/mol. The van der Waals surface area contributed by atoms with Gasteiger partial charge in [0.2, 0.25) is 0 Å². The van der Waals surface area contributed by atoms with Crippen LogP contribution < -0.4 is 19.9 Å². The maximum Gasteiger partial charge on any atom is 0.416 e. The van der Waals surface area contributed by atoms with Gasteiger partial charge in [-0.25, -0.2) is 8.42 Å². The van der Waals surface area contributed by atoms with Gasteiger partial charge in [0.15, 0.2) is 12.4 Å². The second-order valence-corrected chi connectivity index (χ2v) is 10.2. The fraction of sp³-hybridized carbons (Fsp3) is 0.120. The molecule has 0 heterocycles. The molecule has 0 saturated carbocycles. The Morgan fingerprint density at radius 1 is 1.07 bits per heavy atom. The molecule has 3 aromatic carbocycles. The summed E-state index contributed by atoms with van der Waals surface area (Å²) in [4.78, 5) is 35.8. The summed E-state index contributed by atoms with van der Waals surface area (Å²) < 4.78 is 70.4. The molecule has 10 nitrogen and oxygen atoms in total. The predicted octanol–water partition coefficient (Wildman–Crippen LogP) is 3.41. The quantitative estimate of drug-likeness (QED) is 0.374. The Morgan fingerprint density at radius 3 is 2.38 bits per heavy atom. The number of ketones is 1. The van der Waals surface area contributed by atoms with Crippen molar-refractivity contribution in [1.82, 2.24) is 4.72 Å². The Morgan fingerprint density at radius 2 is 1.77 bits per heavy atom. The Balaban J connectivity index is 1.81. The number of amides is 2. The first-order valence-electron chi connectivity index (χ1n) is 10.8. The predicted molar refractivity (Wildman–Crippen MR) is 132 cm³/mol. The maximum absolute atomic E-state index is 13.3. The molecule has 208 valence electrons. The van der Waals surface area contributed by atoms with E-state index in [2.05, 4.69) is 5.32 Å². The van der Waals surface area contributed by atoms with Gasteiger partial charge in [0.05, 0.1) is 27.7 Å². The van der Waals surface area contributed by atoms with Gasteiger partial charge in [0.1, 0.15) is 11.8 Å². The highest BCUT2D eigenvalue weighted by Gasteiger charge is 2.32. The molecule has 2 amide bonds. The average Bonchev–Trinajstić information content (AvgIpc) is 2.87. The van der Waals surface area contributed by atoms with E-state index in [0.29, 0.717) is 12.1 Å². The summed E-state index contributed by atoms with van der Waals surface area (Å²) in [5, 5.41) is 22.2. The number of carboxylic acid groups (broad SMARTS) is 1. The van der Waals surface area contributed by atoms with Crippen molar-refractivity contribution in [3.05, 3.63) is 87.4 Å². The van der Waals surface area contributed by atoms with Crippen molar-refractivity contribution < 1.29 is 45.8 Å². The van der Waals surface area contributed by atoms with Gasteiger partial charge in [-0.15, -0.1) is 0 Å². The molecule has 0 aliphatic rings. The lowest BCUT2D eigenvalue weighted by atomic mass is 9.98. The SMILES string of the molecule is Cc1cc(S(=O)(=O)NC(=O)[O-])ccc1NC(=O)COc1ccc(Cl)cc1C(=O)c1cc(C#N)cc(C(F)(F)F)c1. The van der Waals surface area contributed by atoms with Crippen molar-refractivity contribution in [1.29, 1.82) is 5.26 Å². The summed E-state index contributed by atoms with van der Waals surface area (Å²) in [5.41, 5.74) is -1.93. The highest BCUT2D eigenvalue weighted by atomic mass is 35.5. The van der Waals surface area contributed by atoms with E-state index in [4.69, 9.17) is 21.6 Å². The van der Waals surface area contributed by atoms with Crippen LogP contribution in [-0.4, -0.2) is 32.8 Å². The Labute approximate surface area is 230 Å². The van der Waals surface area contributed by atoms with Gasteiger partial charge in [-0.3, -0.25) is 14.3 Å². The number of nitrogens with zero attached hydrogens (tertiary/aromatic N) is 1. The lowest BCUT2D eigenvalue weighted by Crippen LogP contribution is -2.40. The molecule has 0 spiro atoms. The van der Waals surface area contributed by atoms with Gasteiger partial charge in [0.25, 0.3) is 15.9 Å². The number of sulfonamides is 1. The normalized spacial score (nSPS) is 11.3. The number of ether oxygens (including phenoxy) is 1. The molecule has 0 bridgehead atoms. The number of anilines is 1. The summed E-state index contributed by atoms with van der Waals surface area (Å²) in [5.74, 6) is -1.89. The third-order valence-electron chi connectivity index (χ3n) is 5.20. The molecule has 0 saturated heterocycles. The molecule has 40 heavy (non-hydrogen) atoms. The minimum Gasteiger partial charge on any atom is -0.529 e. The van der Waals surface area contributed by atoms with E-state index >= 15 is 0 Å². The summed E-state index contributed by atoms with van der Waals surface area (Å²) in [7, 11) is -4.40. The number of benzene rings is 3. The molecule has 0 unspecified atom stereocenters. The zero-order chi connectivity index (χ0) is 29.8. The van der Waals surface area contributed by atoms with Crippen LogP contribution in [0.1, 0.15) is 32.6 Å². The standard InChI is InChI=1S/C25H17ClF3N3O7S/c1-13-6-18(40(37,38)32-24(35)36)3-4-20(13)31-22(33)12-39-21-5-2-17(26)10-19(21)23(34)15-7-14(11-30)8-16(9-15)25(27,28)29/h2-10,32H,12H2,1H3,(H,31,33)(H,35,36)/p-1. The third kappa shape index (κ3) is 7.28. The number of halogens is 4. The highest BCUT2D eigenvalue weighted by molar-refractivity contribution is 7.90. The molecule has 15 heteroatoms. The molecule has 0 fully saturated rings. The lowest BCUT2D eigenvalue weighted by molar-refractivity contribution is -0.248. The van der Waals surface area contributed by atoms with Crippen molar-refractivity contribution in [3.8, 4) is 11.8 Å². The molecule has 3 rings (SSSR count). The van der Waals surface area contributed by atoms with E-state index < -0.39 is 62.2 Å². The van der Waals surface area contributed by atoms with Crippen LogP contribution in [-0.2, 0) is 21.0 Å². The summed E-state index contributed by atoms with van der Waals surface area (Å²) in [6.07, 6.45) is -6.84. The second kappa shape index (κ2) is 11.6. The van der Waals surface area contributed by atoms with E-state index in [9.17, 15) is 41.1 Å². The molecule has 0 atom stereocenters. The summed E-state index contributed by atoms with van der Waals surface area (Å²) in [6, 6.07) is 10.8. The van der Waals surface area contributed by atoms with E-state index in [1.165, 1.54) is 29.8 Å². The highest BCUT2D eigenvalue weighted by Crippen LogP contribution is 2.32. The van der Waals surface area contributed by atoms with E-state index in [1.807, 2.05) is 0 Å². The largest absolute Gasteiger partial charge is 0.529 e. The Hall–Kier alpha value is -4.61. The second-order valence-electron chi connectivity index (χ2n) is 8.08. The molecular formula is C25H16ClF3N3O7S-. The number of nitriles is 1. The van der Waals surface area contributed by atoms with Crippen LogP contribution in [0.5, 0.6) is 5.75 Å².